The fourth-order valence-corrected chi connectivity index (χ4v) is 5.69. The second-order valence-corrected chi connectivity index (χ2v) is 10.3. The lowest BCUT2D eigenvalue weighted by Gasteiger charge is -2.43. The third kappa shape index (κ3) is 4.36. The van der Waals surface area contributed by atoms with Gasteiger partial charge in [0.2, 0.25) is 17.6 Å². The number of likely N-dealkylation sites (tertiary alicyclic amines) is 1. The number of benzene rings is 1. The van der Waals surface area contributed by atoms with Crippen molar-refractivity contribution in [1.82, 2.24) is 25.1 Å². The third-order valence-corrected chi connectivity index (χ3v) is 7.95. The summed E-state index contributed by atoms with van der Waals surface area (Å²) in [4.78, 5) is 57.3. The van der Waals surface area contributed by atoms with Crippen molar-refractivity contribution in [1.29, 1.82) is 0 Å². The van der Waals surface area contributed by atoms with Gasteiger partial charge in [-0.15, -0.1) is 0 Å². The predicted molar refractivity (Wildman–Crippen MR) is 130 cm³/mol. The number of aromatic nitrogens is 2. The highest BCUT2D eigenvalue weighted by molar-refractivity contribution is 5.94. The molecule has 0 unspecified atom stereocenters. The van der Waals surface area contributed by atoms with Crippen molar-refractivity contribution in [2.24, 2.45) is 5.92 Å². The average Bonchev–Trinajstić information content (AvgIpc) is 3.06. The second kappa shape index (κ2) is 9.28. The number of amides is 3. The highest BCUT2D eigenvalue weighted by Gasteiger charge is 2.48. The number of aromatic hydroxyl groups is 1. The standard InChI is InChI=1S/C26H30FN5O5/c1-14-11-17(3-4-18(14)27)12-28-23(36)20-21(34)24(37)32-13-16-5-8-26(9-6-16,25(32)29-20)30-22(35)19-7-10-31(19)15(2)33/h3-4,11,16,19,34H,5-10,12-13H2,1-2H3,(H,28,36)(H,30,35)/t16?,19-,26?/m1/s1. The van der Waals surface area contributed by atoms with Gasteiger partial charge in [-0.3, -0.25) is 23.7 Å². The minimum Gasteiger partial charge on any atom is -0.501 e. The van der Waals surface area contributed by atoms with E-state index in [1.54, 1.807) is 13.0 Å². The van der Waals surface area contributed by atoms with E-state index >= 15 is 0 Å². The van der Waals surface area contributed by atoms with E-state index in [9.17, 15) is 28.7 Å². The molecule has 3 amide bonds. The van der Waals surface area contributed by atoms with E-state index in [0.29, 0.717) is 43.5 Å². The molecule has 1 saturated carbocycles. The van der Waals surface area contributed by atoms with Crippen LogP contribution < -0.4 is 16.2 Å². The molecule has 11 heteroatoms. The Labute approximate surface area is 212 Å². The Hall–Kier alpha value is -3.76. The van der Waals surface area contributed by atoms with Crippen molar-refractivity contribution in [2.75, 3.05) is 6.54 Å². The average molecular weight is 512 g/mol. The normalized spacial score (nSPS) is 24.0. The second-order valence-electron chi connectivity index (χ2n) is 10.3. The van der Waals surface area contributed by atoms with E-state index in [0.717, 1.165) is 12.8 Å². The van der Waals surface area contributed by atoms with E-state index in [4.69, 9.17) is 0 Å². The maximum Gasteiger partial charge on any atom is 0.296 e. The van der Waals surface area contributed by atoms with Crippen molar-refractivity contribution in [3.05, 3.63) is 57.0 Å². The Bertz CT molecular complexity index is 1350. The zero-order valence-corrected chi connectivity index (χ0v) is 20.8. The summed E-state index contributed by atoms with van der Waals surface area (Å²) >= 11 is 0. The van der Waals surface area contributed by atoms with Gasteiger partial charge in [0.1, 0.15) is 17.7 Å². The van der Waals surface area contributed by atoms with Crippen LogP contribution in [0, 0.1) is 18.7 Å². The minimum atomic E-state index is -0.988. The summed E-state index contributed by atoms with van der Waals surface area (Å²) in [5, 5.41) is 16.4. The summed E-state index contributed by atoms with van der Waals surface area (Å²) < 4.78 is 15.0. The molecule has 2 aromatic rings. The fraction of sp³-hybridized carbons (Fsp3) is 0.500. The quantitative estimate of drug-likeness (QED) is 0.557. The summed E-state index contributed by atoms with van der Waals surface area (Å²) in [6.07, 6.45) is 3.11. The molecule has 6 rings (SSSR count). The van der Waals surface area contributed by atoms with Crippen LogP contribution in [0.3, 0.4) is 0 Å². The molecule has 4 heterocycles. The Morgan fingerprint density at radius 1 is 1.22 bits per heavy atom. The number of fused-ring (bicyclic) bond motifs is 2. The van der Waals surface area contributed by atoms with Crippen LogP contribution in [-0.4, -0.2) is 49.9 Å². The van der Waals surface area contributed by atoms with Crippen molar-refractivity contribution < 1.29 is 23.9 Å². The van der Waals surface area contributed by atoms with Crippen molar-refractivity contribution in [2.45, 2.75) is 70.6 Å². The monoisotopic (exact) mass is 511 g/mol. The molecule has 196 valence electrons. The van der Waals surface area contributed by atoms with Crippen LogP contribution in [0.1, 0.15) is 66.5 Å². The van der Waals surface area contributed by atoms with Gasteiger partial charge in [-0.2, -0.15) is 0 Å². The van der Waals surface area contributed by atoms with Crippen LogP contribution in [0.2, 0.25) is 0 Å². The lowest BCUT2D eigenvalue weighted by molar-refractivity contribution is -0.147. The SMILES string of the molecule is CC(=O)N1CC[C@@H]1C(=O)NC12CCC(CC1)Cn1c2nc(C(=O)NCc2ccc(F)c(C)c2)c(O)c1=O. The van der Waals surface area contributed by atoms with Gasteiger partial charge in [0.15, 0.2) is 5.69 Å². The molecular weight excluding hydrogens is 481 g/mol. The Balaban J connectivity index is 1.46. The lowest BCUT2D eigenvalue weighted by Crippen LogP contribution is -2.61. The van der Waals surface area contributed by atoms with Crippen LogP contribution in [0.25, 0.3) is 0 Å². The number of rotatable bonds is 5. The molecular formula is C26H30FN5O5. The van der Waals surface area contributed by atoms with Gasteiger partial charge >= 0.3 is 0 Å². The van der Waals surface area contributed by atoms with Crippen molar-refractivity contribution in [3.8, 4) is 5.75 Å². The van der Waals surface area contributed by atoms with Gasteiger partial charge in [-0.1, -0.05) is 12.1 Å². The smallest absolute Gasteiger partial charge is 0.296 e. The van der Waals surface area contributed by atoms with E-state index in [1.165, 1.54) is 28.5 Å². The molecule has 37 heavy (non-hydrogen) atoms. The number of nitrogens with zero attached hydrogens (tertiary/aromatic N) is 3. The van der Waals surface area contributed by atoms with Gasteiger partial charge in [0, 0.05) is 26.6 Å². The summed E-state index contributed by atoms with van der Waals surface area (Å²) in [5.41, 5.74) is -1.05. The molecule has 1 saturated heterocycles. The molecule has 1 atom stereocenters. The molecule has 3 N–H and O–H groups in total. The third-order valence-electron chi connectivity index (χ3n) is 7.95. The zero-order chi connectivity index (χ0) is 26.5. The first kappa shape index (κ1) is 24.9. The predicted octanol–water partition coefficient (Wildman–Crippen LogP) is 1.46. The van der Waals surface area contributed by atoms with Crippen LogP contribution in [0.15, 0.2) is 23.0 Å². The Morgan fingerprint density at radius 2 is 1.95 bits per heavy atom. The number of carbonyl (C=O) groups excluding carboxylic acids is 3. The van der Waals surface area contributed by atoms with E-state index in [-0.39, 0.29) is 35.9 Å². The number of carbonyl (C=O) groups is 3. The summed E-state index contributed by atoms with van der Waals surface area (Å²) in [5.74, 6) is -1.91. The van der Waals surface area contributed by atoms with Crippen LogP contribution >= 0.6 is 0 Å². The first-order valence-electron chi connectivity index (χ1n) is 12.6. The van der Waals surface area contributed by atoms with Gasteiger partial charge in [-0.05, 0) is 62.1 Å². The molecule has 4 aliphatic rings. The first-order chi connectivity index (χ1) is 17.6. The highest BCUT2D eigenvalue weighted by atomic mass is 19.1. The summed E-state index contributed by atoms with van der Waals surface area (Å²) in [6.45, 7) is 3.94. The molecule has 0 radical (unpaired) electrons. The number of hydrogen-bond donors (Lipinski definition) is 3. The van der Waals surface area contributed by atoms with Crippen LogP contribution in [-0.2, 0) is 28.2 Å². The van der Waals surface area contributed by atoms with E-state index in [2.05, 4.69) is 15.6 Å². The molecule has 3 aliphatic heterocycles. The molecule has 10 nitrogen and oxygen atoms in total. The summed E-state index contributed by atoms with van der Waals surface area (Å²) in [6, 6.07) is 3.87. The van der Waals surface area contributed by atoms with Crippen molar-refractivity contribution in [3.63, 3.8) is 0 Å². The number of halogens is 1. The first-order valence-corrected chi connectivity index (χ1v) is 12.6. The molecule has 1 aromatic carbocycles. The Kier molecular flexibility index (Phi) is 6.25. The van der Waals surface area contributed by atoms with Gasteiger partial charge in [0.25, 0.3) is 11.5 Å². The van der Waals surface area contributed by atoms with Crippen molar-refractivity contribution >= 4 is 17.7 Å². The van der Waals surface area contributed by atoms with Crippen LogP contribution in [0.4, 0.5) is 4.39 Å². The molecule has 1 aromatic heterocycles. The highest BCUT2D eigenvalue weighted by Crippen LogP contribution is 2.43. The topological polar surface area (TPSA) is 134 Å². The van der Waals surface area contributed by atoms with Gasteiger partial charge in [-0.25, -0.2) is 9.37 Å². The summed E-state index contributed by atoms with van der Waals surface area (Å²) in [7, 11) is 0. The largest absolute Gasteiger partial charge is 0.501 e. The molecule has 2 bridgehead atoms. The maximum absolute atomic E-state index is 13.6. The van der Waals surface area contributed by atoms with Gasteiger partial charge < -0.3 is 20.6 Å². The Morgan fingerprint density at radius 3 is 2.57 bits per heavy atom. The lowest BCUT2D eigenvalue weighted by atomic mass is 9.77. The van der Waals surface area contributed by atoms with E-state index in [1.807, 2.05) is 0 Å². The molecule has 0 spiro atoms. The molecule has 2 fully saturated rings. The van der Waals surface area contributed by atoms with Crippen LogP contribution in [0.5, 0.6) is 5.75 Å². The molecule has 1 aliphatic carbocycles. The zero-order valence-electron chi connectivity index (χ0n) is 20.8. The van der Waals surface area contributed by atoms with Gasteiger partial charge in [0.05, 0.1) is 5.54 Å². The number of hydrogen-bond acceptors (Lipinski definition) is 6. The number of aryl methyl sites for hydroxylation is 1. The number of nitrogens with one attached hydrogen (secondary N) is 2. The maximum atomic E-state index is 13.6. The van der Waals surface area contributed by atoms with E-state index < -0.39 is 34.5 Å². The fourth-order valence-electron chi connectivity index (χ4n) is 5.69. The minimum absolute atomic E-state index is 0.0476.